The van der Waals surface area contributed by atoms with Crippen LogP contribution in [0.5, 0.6) is 0 Å². The van der Waals surface area contributed by atoms with Crippen molar-refractivity contribution in [3.05, 3.63) is 18.0 Å². The maximum Gasteiger partial charge on any atom is 0.317 e. The average molecular weight is 491 g/mol. The molecule has 0 spiro atoms. The lowest BCUT2D eigenvalue weighted by Gasteiger charge is -2.43. The van der Waals surface area contributed by atoms with Gasteiger partial charge in [0.25, 0.3) is 0 Å². The fourth-order valence-corrected chi connectivity index (χ4v) is 5.67. The first kappa shape index (κ1) is 27.0. The van der Waals surface area contributed by atoms with Crippen molar-refractivity contribution in [1.29, 1.82) is 0 Å². The van der Waals surface area contributed by atoms with E-state index in [1.165, 1.54) is 0 Å². The second kappa shape index (κ2) is 11.0. The van der Waals surface area contributed by atoms with Crippen LogP contribution in [0.25, 0.3) is 0 Å². The van der Waals surface area contributed by atoms with Crippen LogP contribution in [-0.4, -0.2) is 63.4 Å². The zero-order chi connectivity index (χ0) is 25.8. The Bertz CT molecular complexity index is 943. The first-order valence-corrected chi connectivity index (χ1v) is 12.8. The molecule has 1 aromatic heterocycles. The van der Waals surface area contributed by atoms with Gasteiger partial charge < -0.3 is 10.2 Å². The summed E-state index contributed by atoms with van der Waals surface area (Å²) >= 11 is 0. The van der Waals surface area contributed by atoms with E-state index in [-0.39, 0.29) is 42.9 Å². The molecule has 194 valence electrons. The summed E-state index contributed by atoms with van der Waals surface area (Å²) in [5.41, 5.74) is -0.954. The standard InChI is InChI=1S/C26H39FN4O4/c1-5-31(6-2)24(35)28-20(16-25(3)10-7-8-11-25)22(33)17-26(14-18(27)15-26)23(34)21(32)13-19-9-12-30(4)29-19/h9,12,18,20H,5-8,10-11,13-17H2,1-4H3,(H,28,35)/t18?,20-,26?/m0/s1. The minimum absolute atomic E-state index is 0.0783. The monoisotopic (exact) mass is 490 g/mol. The molecule has 0 radical (unpaired) electrons. The van der Waals surface area contributed by atoms with Gasteiger partial charge in [-0.15, -0.1) is 0 Å². The number of halogens is 1. The Kier molecular flexibility index (Phi) is 8.49. The molecule has 3 rings (SSSR count). The molecule has 0 bridgehead atoms. The number of ketones is 3. The number of nitrogens with zero attached hydrogens (tertiary/aromatic N) is 3. The van der Waals surface area contributed by atoms with Crippen LogP contribution in [0, 0.1) is 10.8 Å². The Balaban J connectivity index is 1.77. The molecule has 0 aromatic carbocycles. The summed E-state index contributed by atoms with van der Waals surface area (Å²) in [4.78, 5) is 54.0. The summed E-state index contributed by atoms with van der Waals surface area (Å²) in [6.45, 7) is 6.88. The van der Waals surface area contributed by atoms with Gasteiger partial charge in [-0.05, 0) is 57.4 Å². The number of urea groups is 1. The summed E-state index contributed by atoms with van der Waals surface area (Å²) in [5.74, 6) is -1.66. The topological polar surface area (TPSA) is 101 Å². The Morgan fingerprint density at radius 2 is 1.83 bits per heavy atom. The molecular weight excluding hydrogens is 451 g/mol. The quantitative estimate of drug-likeness (QED) is 0.452. The second-order valence-electron chi connectivity index (χ2n) is 10.7. The zero-order valence-corrected chi connectivity index (χ0v) is 21.4. The van der Waals surface area contributed by atoms with Gasteiger partial charge in [0.1, 0.15) is 6.17 Å². The molecule has 2 aliphatic rings. The molecule has 1 atom stereocenters. The van der Waals surface area contributed by atoms with Crippen LogP contribution >= 0.6 is 0 Å². The normalized spacial score (nSPS) is 23.9. The molecule has 0 unspecified atom stereocenters. The number of rotatable bonds is 12. The number of carbonyl (C=O) groups excluding carboxylic acids is 4. The Hall–Kier alpha value is -2.58. The van der Waals surface area contributed by atoms with Gasteiger partial charge in [0.15, 0.2) is 5.78 Å². The van der Waals surface area contributed by atoms with Gasteiger partial charge in [-0.3, -0.25) is 19.1 Å². The SMILES string of the molecule is CCN(CC)C(=O)N[C@@H](CC1(C)CCCC1)C(=O)CC1(C(=O)C(=O)Cc2ccn(C)n2)CC(F)C1. The van der Waals surface area contributed by atoms with Crippen molar-refractivity contribution < 1.29 is 23.6 Å². The first-order chi connectivity index (χ1) is 16.5. The maximum absolute atomic E-state index is 14.0. The largest absolute Gasteiger partial charge is 0.328 e. The maximum atomic E-state index is 14.0. The fraction of sp³-hybridized carbons (Fsp3) is 0.731. The Morgan fingerprint density at radius 1 is 1.20 bits per heavy atom. The number of Topliss-reactive ketones (excluding diaryl/α,β-unsaturated/α-hetero) is 3. The molecule has 2 fully saturated rings. The van der Waals surface area contributed by atoms with Crippen molar-refractivity contribution in [3.63, 3.8) is 0 Å². The molecule has 0 saturated heterocycles. The molecule has 9 heteroatoms. The number of hydrogen-bond acceptors (Lipinski definition) is 5. The Labute approximate surface area is 207 Å². The van der Waals surface area contributed by atoms with Crippen molar-refractivity contribution >= 4 is 23.4 Å². The highest BCUT2D eigenvalue weighted by Crippen LogP contribution is 2.48. The lowest BCUT2D eigenvalue weighted by Crippen LogP contribution is -2.54. The molecular formula is C26H39FN4O4. The summed E-state index contributed by atoms with van der Waals surface area (Å²) < 4.78 is 15.6. The molecule has 2 amide bonds. The van der Waals surface area contributed by atoms with Gasteiger partial charge in [-0.1, -0.05) is 19.8 Å². The fourth-order valence-electron chi connectivity index (χ4n) is 5.67. The highest BCUT2D eigenvalue weighted by Gasteiger charge is 2.54. The highest BCUT2D eigenvalue weighted by atomic mass is 19.1. The van der Waals surface area contributed by atoms with Crippen molar-refractivity contribution in [3.8, 4) is 0 Å². The second-order valence-corrected chi connectivity index (χ2v) is 10.7. The van der Waals surface area contributed by atoms with E-state index in [0.717, 1.165) is 25.7 Å². The average Bonchev–Trinajstić information content (AvgIpc) is 3.40. The van der Waals surface area contributed by atoms with Crippen LogP contribution in [-0.2, 0) is 27.9 Å². The smallest absolute Gasteiger partial charge is 0.317 e. The number of carbonyl (C=O) groups is 4. The van der Waals surface area contributed by atoms with Crippen LogP contribution < -0.4 is 5.32 Å². The highest BCUT2D eigenvalue weighted by molar-refractivity contribution is 6.40. The van der Waals surface area contributed by atoms with Gasteiger partial charge in [-0.2, -0.15) is 5.10 Å². The lowest BCUT2D eigenvalue weighted by molar-refractivity contribution is -0.151. The number of amides is 2. The molecule has 8 nitrogen and oxygen atoms in total. The third kappa shape index (κ3) is 6.35. The van der Waals surface area contributed by atoms with Gasteiger partial charge in [0.05, 0.1) is 18.2 Å². The van der Waals surface area contributed by atoms with Gasteiger partial charge >= 0.3 is 6.03 Å². The minimum atomic E-state index is -1.34. The van der Waals surface area contributed by atoms with E-state index in [1.54, 1.807) is 28.9 Å². The van der Waals surface area contributed by atoms with E-state index in [2.05, 4.69) is 17.3 Å². The number of nitrogens with one attached hydrogen (secondary N) is 1. The van der Waals surface area contributed by atoms with E-state index in [1.807, 2.05) is 13.8 Å². The summed E-state index contributed by atoms with van der Waals surface area (Å²) in [6.07, 6.45) is 4.35. The van der Waals surface area contributed by atoms with E-state index < -0.39 is 29.2 Å². The third-order valence-corrected chi connectivity index (χ3v) is 7.83. The number of alkyl halides is 1. The minimum Gasteiger partial charge on any atom is -0.328 e. The molecule has 1 aromatic rings. The van der Waals surface area contributed by atoms with E-state index in [4.69, 9.17) is 0 Å². The molecule has 1 heterocycles. The van der Waals surface area contributed by atoms with Crippen molar-refractivity contribution in [2.75, 3.05) is 13.1 Å². The predicted octanol–water partition coefficient (Wildman–Crippen LogP) is 3.57. The number of hydrogen-bond donors (Lipinski definition) is 1. The molecule has 2 aliphatic carbocycles. The van der Waals surface area contributed by atoms with Crippen LogP contribution in [0.4, 0.5) is 9.18 Å². The van der Waals surface area contributed by atoms with Crippen LogP contribution in [0.1, 0.15) is 77.8 Å². The van der Waals surface area contributed by atoms with Gasteiger partial charge in [0.2, 0.25) is 11.6 Å². The Morgan fingerprint density at radius 3 is 2.34 bits per heavy atom. The van der Waals surface area contributed by atoms with E-state index >= 15 is 0 Å². The summed E-state index contributed by atoms with van der Waals surface area (Å²) in [5, 5.41) is 7.04. The van der Waals surface area contributed by atoms with E-state index in [9.17, 15) is 23.6 Å². The molecule has 2 saturated carbocycles. The van der Waals surface area contributed by atoms with Gasteiger partial charge in [0, 0.05) is 38.2 Å². The van der Waals surface area contributed by atoms with Crippen LogP contribution in [0.3, 0.4) is 0 Å². The van der Waals surface area contributed by atoms with Crippen molar-refractivity contribution in [1.82, 2.24) is 20.0 Å². The van der Waals surface area contributed by atoms with Gasteiger partial charge in [-0.25, -0.2) is 9.18 Å². The number of aryl methyl sites for hydroxylation is 1. The zero-order valence-electron chi connectivity index (χ0n) is 21.4. The third-order valence-electron chi connectivity index (χ3n) is 7.83. The van der Waals surface area contributed by atoms with Crippen LogP contribution in [0.2, 0.25) is 0 Å². The van der Waals surface area contributed by atoms with E-state index in [0.29, 0.717) is 25.2 Å². The summed E-state index contributed by atoms with van der Waals surface area (Å²) in [6, 6.07) is 0.557. The number of aromatic nitrogens is 2. The predicted molar refractivity (Wildman–Crippen MR) is 130 cm³/mol. The first-order valence-electron chi connectivity index (χ1n) is 12.8. The summed E-state index contributed by atoms with van der Waals surface area (Å²) in [7, 11) is 1.72. The molecule has 35 heavy (non-hydrogen) atoms. The van der Waals surface area contributed by atoms with Crippen LogP contribution in [0.15, 0.2) is 12.3 Å². The van der Waals surface area contributed by atoms with Crippen molar-refractivity contribution in [2.24, 2.45) is 17.9 Å². The molecule has 1 N–H and O–H groups in total. The lowest BCUT2D eigenvalue weighted by atomic mass is 9.60. The molecule has 0 aliphatic heterocycles. The van der Waals surface area contributed by atoms with Crippen molar-refractivity contribution in [2.45, 2.75) is 90.8 Å².